The Balaban J connectivity index is 2.28. The van der Waals surface area contributed by atoms with Gasteiger partial charge in [0.1, 0.15) is 0 Å². The number of hydrogen-bond donors (Lipinski definition) is 2. The second kappa shape index (κ2) is 3.95. The number of amides is 1. The van der Waals surface area contributed by atoms with Gasteiger partial charge in [0.25, 0.3) is 5.91 Å². The van der Waals surface area contributed by atoms with Crippen LogP contribution >= 0.6 is 0 Å². The number of phenolic OH excluding ortho intramolecular Hbond substituents is 2. The fourth-order valence-electron chi connectivity index (χ4n) is 2.30. The third-order valence-electron chi connectivity index (χ3n) is 3.37. The Bertz CT molecular complexity index is 454. The lowest BCUT2D eigenvalue weighted by Crippen LogP contribution is -2.42. The Morgan fingerprint density at radius 3 is 2.53 bits per heavy atom. The second-order valence-electron chi connectivity index (χ2n) is 5.08. The summed E-state index contributed by atoms with van der Waals surface area (Å²) in [5.74, 6) is -0.558. The summed E-state index contributed by atoms with van der Waals surface area (Å²) in [4.78, 5) is 14.1. The summed E-state index contributed by atoms with van der Waals surface area (Å²) in [5.41, 5.74) is 0.278. The third kappa shape index (κ3) is 2.07. The summed E-state index contributed by atoms with van der Waals surface area (Å²) in [6.45, 7) is 4.82. The zero-order chi connectivity index (χ0) is 12.6. The summed E-state index contributed by atoms with van der Waals surface area (Å²) in [7, 11) is 0. The van der Waals surface area contributed by atoms with Crippen molar-refractivity contribution in [2.75, 3.05) is 6.54 Å². The standard InChI is InChI=1S/C13H17NO3/c1-13(2)6-3-7-14(13)12(17)9-4-5-10(15)11(16)8-9/h4-5,8,15-16H,3,6-7H2,1-2H3. The number of rotatable bonds is 1. The molecule has 1 heterocycles. The van der Waals surface area contributed by atoms with Crippen molar-refractivity contribution in [3.8, 4) is 11.5 Å². The molecule has 1 aliphatic heterocycles. The molecule has 1 aromatic rings. The number of nitrogens with zero attached hydrogens (tertiary/aromatic N) is 1. The molecule has 0 aliphatic carbocycles. The molecule has 4 nitrogen and oxygen atoms in total. The van der Waals surface area contributed by atoms with Gasteiger partial charge in [-0.25, -0.2) is 0 Å². The molecular weight excluding hydrogens is 218 g/mol. The quantitative estimate of drug-likeness (QED) is 0.733. The molecule has 0 saturated carbocycles. The Morgan fingerprint density at radius 1 is 1.29 bits per heavy atom. The number of likely N-dealkylation sites (tertiary alicyclic amines) is 1. The van der Waals surface area contributed by atoms with Crippen molar-refractivity contribution in [1.29, 1.82) is 0 Å². The molecule has 1 aliphatic rings. The predicted molar refractivity (Wildman–Crippen MR) is 64.1 cm³/mol. The van der Waals surface area contributed by atoms with Crippen LogP contribution < -0.4 is 0 Å². The number of carbonyl (C=O) groups is 1. The van der Waals surface area contributed by atoms with Crippen LogP contribution in [0.25, 0.3) is 0 Å². The van der Waals surface area contributed by atoms with Crippen LogP contribution in [0.2, 0.25) is 0 Å². The summed E-state index contributed by atoms with van der Waals surface area (Å²) in [6, 6.07) is 4.18. The number of hydrogen-bond acceptors (Lipinski definition) is 3. The van der Waals surface area contributed by atoms with Crippen LogP contribution in [-0.4, -0.2) is 33.1 Å². The number of carbonyl (C=O) groups excluding carboxylic acids is 1. The molecule has 0 bridgehead atoms. The molecule has 2 N–H and O–H groups in total. The third-order valence-corrected chi connectivity index (χ3v) is 3.37. The number of phenols is 2. The lowest BCUT2D eigenvalue weighted by Gasteiger charge is -2.31. The van der Waals surface area contributed by atoms with E-state index in [2.05, 4.69) is 0 Å². The van der Waals surface area contributed by atoms with Gasteiger partial charge in [0.15, 0.2) is 11.5 Å². The first-order valence-corrected chi connectivity index (χ1v) is 5.76. The van der Waals surface area contributed by atoms with Crippen molar-refractivity contribution < 1.29 is 15.0 Å². The highest BCUT2D eigenvalue weighted by Gasteiger charge is 2.35. The average Bonchev–Trinajstić information content (AvgIpc) is 2.61. The number of aromatic hydroxyl groups is 2. The fraction of sp³-hybridized carbons (Fsp3) is 0.462. The van der Waals surface area contributed by atoms with E-state index in [1.54, 1.807) is 0 Å². The lowest BCUT2D eigenvalue weighted by molar-refractivity contribution is 0.0651. The largest absolute Gasteiger partial charge is 0.504 e. The molecule has 17 heavy (non-hydrogen) atoms. The van der Waals surface area contributed by atoms with Crippen molar-refractivity contribution in [1.82, 2.24) is 4.90 Å². The van der Waals surface area contributed by atoms with Crippen LogP contribution in [-0.2, 0) is 0 Å². The minimum Gasteiger partial charge on any atom is -0.504 e. The van der Waals surface area contributed by atoms with E-state index in [-0.39, 0.29) is 22.9 Å². The summed E-state index contributed by atoms with van der Waals surface area (Å²) in [5, 5.41) is 18.6. The SMILES string of the molecule is CC1(C)CCCN1C(=O)c1ccc(O)c(O)c1. The van der Waals surface area contributed by atoms with Gasteiger partial charge in [-0.15, -0.1) is 0 Å². The van der Waals surface area contributed by atoms with Crippen LogP contribution in [0.3, 0.4) is 0 Å². The zero-order valence-electron chi connectivity index (χ0n) is 10.1. The number of benzene rings is 1. The van der Waals surface area contributed by atoms with Crippen molar-refractivity contribution in [3.63, 3.8) is 0 Å². The van der Waals surface area contributed by atoms with Gasteiger partial charge in [-0.2, -0.15) is 0 Å². The molecule has 1 amide bonds. The van der Waals surface area contributed by atoms with Crippen LogP contribution in [0.1, 0.15) is 37.0 Å². The molecule has 2 rings (SSSR count). The first kappa shape index (κ1) is 11.8. The lowest BCUT2D eigenvalue weighted by atomic mass is 10.0. The van der Waals surface area contributed by atoms with Crippen LogP contribution in [0.4, 0.5) is 0 Å². The van der Waals surface area contributed by atoms with E-state index < -0.39 is 0 Å². The van der Waals surface area contributed by atoms with Gasteiger partial charge < -0.3 is 15.1 Å². The van der Waals surface area contributed by atoms with Crippen molar-refractivity contribution in [3.05, 3.63) is 23.8 Å². The molecule has 1 fully saturated rings. The van der Waals surface area contributed by atoms with E-state index in [0.29, 0.717) is 5.56 Å². The monoisotopic (exact) mass is 235 g/mol. The van der Waals surface area contributed by atoms with Gasteiger partial charge in [0.05, 0.1) is 0 Å². The molecule has 1 aromatic carbocycles. The van der Waals surface area contributed by atoms with Gasteiger partial charge in [-0.05, 0) is 44.9 Å². The van der Waals surface area contributed by atoms with Crippen LogP contribution in [0.5, 0.6) is 11.5 Å². The summed E-state index contributed by atoms with van der Waals surface area (Å²) >= 11 is 0. The smallest absolute Gasteiger partial charge is 0.254 e. The highest BCUT2D eigenvalue weighted by Crippen LogP contribution is 2.31. The van der Waals surface area contributed by atoms with Crippen LogP contribution in [0, 0.1) is 0 Å². The molecule has 0 radical (unpaired) electrons. The topological polar surface area (TPSA) is 60.8 Å². The normalized spacial score (nSPS) is 18.4. The molecule has 0 atom stereocenters. The molecule has 0 aromatic heterocycles. The predicted octanol–water partition coefficient (Wildman–Crippen LogP) is 2.11. The Kier molecular flexibility index (Phi) is 2.73. The highest BCUT2D eigenvalue weighted by atomic mass is 16.3. The van der Waals surface area contributed by atoms with E-state index in [9.17, 15) is 15.0 Å². The fourth-order valence-corrected chi connectivity index (χ4v) is 2.30. The van der Waals surface area contributed by atoms with Crippen molar-refractivity contribution >= 4 is 5.91 Å². The Labute approximate surface area is 100 Å². The second-order valence-corrected chi connectivity index (χ2v) is 5.08. The molecule has 4 heteroatoms. The summed E-state index contributed by atoms with van der Waals surface area (Å²) in [6.07, 6.45) is 1.99. The van der Waals surface area contributed by atoms with Crippen molar-refractivity contribution in [2.24, 2.45) is 0 Å². The maximum Gasteiger partial charge on any atom is 0.254 e. The Morgan fingerprint density at radius 2 is 2.00 bits per heavy atom. The average molecular weight is 235 g/mol. The van der Waals surface area contributed by atoms with Gasteiger partial charge >= 0.3 is 0 Å². The van der Waals surface area contributed by atoms with E-state index in [1.807, 2.05) is 18.7 Å². The summed E-state index contributed by atoms with van der Waals surface area (Å²) < 4.78 is 0. The van der Waals surface area contributed by atoms with Gasteiger partial charge in [0.2, 0.25) is 0 Å². The first-order chi connectivity index (χ1) is 7.92. The molecule has 1 saturated heterocycles. The molecule has 0 spiro atoms. The van der Waals surface area contributed by atoms with E-state index >= 15 is 0 Å². The minimum atomic E-state index is -0.257. The highest BCUT2D eigenvalue weighted by molar-refractivity contribution is 5.95. The van der Waals surface area contributed by atoms with E-state index in [1.165, 1.54) is 18.2 Å². The maximum absolute atomic E-state index is 12.3. The molecule has 0 unspecified atom stereocenters. The van der Waals surface area contributed by atoms with E-state index in [0.717, 1.165) is 19.4 Å². The van der Waals surface area contributed by atoms with Crippen LogP contribution in [0.15, 0.2) is 18.2 Å². The Hall–Kier alpha value is -1.71. The van der Waals surface area contributed by atoms with Gasteiger partial charge in [-0.1, -0.05) is 0 Å². The molecular formula is C13H17NO3. The first-order valence-electron chi connectivity index (χ1n) is 5.76. The maximum atomic E-state index is 12.3. The zero-order valence-corrected chi connectivity index (χ0v) is 10.1. The van der Waals surface area contributed by atoms with Crippen molar-refractivity contribution in [2.45, 2.75) is 32.2 Å². The van der Waals surface area contributed by atoms with Gasteiger partial charge in [-0.3, -0.25) is 4.79 Å². The minimum absolute atomic E-state index is 0.0946. The van der Waals surface area contributed by atoms with Gasteiger partial charge in [0, 0.05) is 17.6 Å². The van der Waals surface area contributed by atoms with E-state index in [4.69, 9.17) is 0 Å². The molecule has 92 valence electrons.